The molecular weight excluding hydrogens is 236 g/mol. The van der Waals surface area contributed by atoms with Gasteiger partial charge >= 0.3 is 5.97 Å². The molecule has 0 saturated carbocycles. The van der Waals surface area contributed by atoms with E-state index in [2.05, 4.69) is 5.32 Å². The molecule has 6 heteroatoms. The molecule has 0 aliphatic rings. The molecule has 2 amide bonds. The summed E-state index contributed by atoms with van der Waals surface area (Å²) >= 11 is 0. The van der Waals surface area contributed by atoms with Crippen LogP contribution in [0.5, 0.6) is 0 Å². The van der Waals surface area contributed by atoms with Crippen LogP contribution in [0.4, 0.5) is 0 Å². The zero-order valence-electron chi connectivity index (χ0n) is 11.4. The van der Waals surface area contributed by atoms with E-state index in [1.54, 1.807) is 0 Å². The van der Waals surface area contributed by atoms with Crippen molar-refractivity contribution < 1.29 is 19.5 Å². The molecule has 0 atom stereocenters. The van der Waals surface area contributed by atoms with Crippen LogP contribution in [0.2, 0.25) is 0 Å². The lowest BCUT2D eigenvalue weighted by Crippen LogP contribution is -2.36. The van der Waals surface area contributed by atoms with Gasteiger partial charge in [0, 0.05) is 25.4 Å². The maximum Gasteiger partial charge on any atom is 0.323 e. The predicted octanol–water partition coefficient (Wildman–Crippen LogP) is 0.472. The van der Waals surface area contributed by atoms with Gasteiger partial charge in [0.1, 0.15) is 6.54 Å². The molecule has 6 nitrogen and oxygen atoms in total. The second-order valence-corrected chi connectivity index (χ2v) is 5.25. The van der Waals surface area contributed by atoms with Crippen LogP contribution in [-0.4, -0.2) is 47.9 Å². The summed E-state index contributed by atoms with van der Waals surface area (Å²) in [6.45, 7) is 5.56. The molecule has 0 aliphatic carbocycles. The van der Waals surface area contributed by atoms with E-state index in [1.165, 1.54) is 7.05 Å². The third-order valence-corrected chi connectivity index (χ3v) is 2.33. The molecule has 0 aromatic carbocycles. The molecule has 0 spiro atoms. The minimum atomic E-state index is -1.04. The predicted molar refractivity (Wildman–Crippen MR) is 67.0 cm³/mol. The van der Waals surface area contributed by atoms with Crippen LogP contribution in [0.25, 0.3) is 0 Å². The van der Waals surface area contributed by atoms with Crippen molar-refractivity contribution in [2.24, 2.45) is 5.41 Å². The number of carbonyl (C=O) groups excluding carboxylic acids is 2. The van der Waals surface area contributed by atoms with Crippen molar-refractivity contribution in [3.63, 3.8) is 0 Å². The number of aliphatic carboxylic acids is 1. The molecular formula is C12H22N2O4. The Hall–Kier alpha value is -1.59. The van der Waals surface area contributed by atoms with Crippen molar-refractivity contribution in [2.45, 2.75) is 33.6 Å². The van der Waals surface area contributed by atoms with Crippen LogP contribution in [0.1, 0.15) is 33.6 Å². The fraction of sp³-hybridized carbons (Fsp3) is 0.750. The highest BCUT2D eigenvalue weighted by Gasteiger charge is 2.20. The molecule has 0 unspecified atom stereocenters. The molecule has 0 heterocycles. The van der Waals surface area contributed by atoms with Crippen LogP contribution >= 0.6 is 0 Å². The van der Waals surface area contributed by atoms with E-state index in [9.17, 15) is 14.4 Å². The van der Waals surface area contributed by atoms with E-state index in [0.717, 1.165) is 4.90 Å². The standard InChI is InChI=1S/C12H22N2O4/c1-12(2,3)11(18)13-7-5-6-9(15)14(4)8-10(16)17/h5-8H2,1-4H3,(H,13,18)(H,16,17). The van der Waals surface area contributed by atoms with Gasteiger partial charge in [0.15, 0.2) is 0 Å². The van der Waals surface area contributed by atoms with Gasteiger partial charge in [-0.3, -0.25) is 14.4 Å². The number of likely N-dealkylation sites (N-methyl/N-ethyl adjacent to an activating group) is 1. The van der Waals surface area contributed by atoms with Gasteiger partial charge in [0.05, 0.1) is 0 Å². The molecule has 0 aromatic rings. The van der Waals surface area contributed by atoms with E-state index >= 15 is 0 Å². The molecule has 0 fully saturated rings. The van der Waals surface area contributed by atoms with Crippen LogP contribution < -0.4 is 5.32 Å². The SMILES string of the molecule is CN(CC(=O)O)C(=O)CCCNC(=O)C(C)(C)C. The van der Waals surface area contributed by atoms with Crippen molar-refractivity contribution in [1.29, 1.82) is 0 Å². The van der Waals surface area contributed by atoms with Crippen molar-refractivity contribution in [2.75, 3.05) is 20.1 Å². The molecule has 0 radical (unpaired) electrons. The van der Waals surface area contributed by atoms with E-state index in [4.69, 9.17) is 5.11 Å². The van der Waals surface area contributed by atoms with Crippen molar-refractivity contribution in [3.8, 4) is 0 Å². The Bertz CT molecular complexity index is 321. The highest BCUT2D eigenvalue weighted by Crippen LogP contribution is 2.12. The molecule has 0 bridgehead atoms. The quantitative estimate of drug-likeness (QED) is 0.678. The number of carboxylic acids is 1. The second kappa shape index (κ2) is 6.98. The Morgan fingerprint density at radius 3 is 2.22 bits per heavy atom. The zero-order valence-corrected chi connectivity index (χ0v) is 11.4. The summed E-state index contributed by atoms with van der Waals surface area (Å²) in [5.41, 5.74) is -0.440. The summed E-state index contributed by atoms with van der Waals surface area (Å²) in [6, 6.07) is 0. The molecule has 18 heavy (non-hydrogen) atoms. The summed E-state index contributed by atoms with van der Waals surface area (Å²) < 4.78 is 0. The Kier molecular flexibility index (Phi) is 6.36. The summed E-state index contributed by atoms with van der Waals surface area (Å²) in [6.07, 6.45) is 0.735. The van der Waals surface area contributed by atoms with E-state index in [0.29, 0.717) is 13.0 Å². The smallest absolute Gasteiger partial charge is 0.323 e. The largest absolute Gasteiger partial charge is 0.480 e. The van der Waals surface area contributed by atoms with Gasteiger partial charge < -0.3 is 15.3 Å². The highest BCUT2D eigenvalue weighted by molar-refractivity contribution is 5.82. The molecule has 104 valence electrons. The summed E-state index contributed by atoms with van der Waals surface area (Å²) in [4.78, 5) is 34.5. The Labute approximate surface area is 107 Å². The normalized spacial score (nSPS) is 10.9. The number of rotatable bonds is 6. The van der Waals surface area contributed by atoms with Gasteiger partial charge in [-0.1, -0.05) is 20.8 Å². The molecule has 2 N–H and O–H groups in total. The average molecular weight is 258 g/mol. The third-order valence-electron chi connectivity index (χ3n) is 2.33. The van der Waals surface area contributed by atoms with Gasteiger partial charge in [-0.25, -0.2) is 0 Å². The lowest BCUT2D eigenvalue weighted by atomic mass is 9.96. The first-order valence-electron chi connectivity index (χ1n) is 5.88. The number of nitrogens with one attached hydrogen (secondary N) is 1. The summed E-state index contributed by atoms with van der Waals surface area (Å²) in [5, 5.41) is 11.2. The second-order valence-electron chi connectivity index (χ2n) is 5.25. The first kappa shape index (κ1) is 16.4. The van der Waals surface area contributed by atoms with Crippen molar-refractivity contribution in [1.82, 2.24) is 10.2 Å². The molecule has 0 aromatic heterocycles. The fourth-order valence-corrected chi connectivity index (χ4v) is 1.19. The first-order chi connectivity index (χ1) is 8.14. The number of hydrogen-bond acceptors (Lipinski definition) is 3. The maximum absolute atomic E-state index is 11.5. The van der Waals surface area contributed by atoms with Crippen molar-refractivity contribution >= 4 is 17.8 Å². The number of carboxylic acid groups (broad SMARTS) is 1. The Morgan fingerprint density at radius 2 is 1.78 bits per heavy atom. The lowest BCUT2D eigenvalue weighted by molar-refractivity contribution is -0.143. The first-order valence-corrected chi connectivity index (χ1v) is 5.88. The summed E-state index contributed by atoms with van der Waals surface area (Å²) in [5.74, 6) is -1.33. The Balaban J connectivity index is 3.82. The zero-order chi connectivity index (χ0) is 14.3. The number of nitrogens with zero attached hydrogens (tertiary/aromatic N) is 1. The van der Waals surface area contributed by atoms with Gasteiger partial charge in [0.2, 0.25) is 11.8 Å². The van der Waals surface area contributed by atoms with E-state index in [-0.39, 0.29) is 24.8 Å². The molecule has 0 aliphatic heterocycles. The monoisotopic (exact) mass is 258 g/mol. The van der Waals surface area contributed by atoms with Crippen LogP contribution in [0, 0.1) is 5.41 Å². The topological polar surface area (TPSA) is 86.7 Å². The number of amides is 2. The molecule has 0 rings (SSSR count). The van der Waals surface area contributed by atoms with Crippen molar-refractivity contribution in [3.05, 3.63) is 0 Å². The van der Waals surface area contributed by atoms with Gasteiger partial charge in [-0.2, -0.15) is 0 Å². The summed E-state index contributed by atoms with van der Waals surface area (Å²) in [7, 11) is 1.45. The number of carbonyl (C=O) groups is 3. The van der Waals surface area contributed by atoms with E-state index in [1.807, 2.05) is 20.8 Å². The lowest BCUT2D eigenvalue weighted by Gasteiger charge is -2.18. The van der Waals surface area contributed by atoms with Gasteiger partial charge in [0.25, 0.3) is 0 Å². The van der Waals surface area contributed by atoms with Gasteiger partial charge in [-0.05, 0) is 6.42 Å². The minimum Gasteiger partial charge on any atom is -0.480 e. The Morgan fingerprint density at radius 1 is 1.22 bits per heavy atom. The highest BCUT2D eigenvalue weighted by atomic mass is 16.4. The average Bonchev–Trinajstić information content (AvgIpc) is 2.21. The maximum atomic E-state index is 11.5. The van der Waals surface area contributed by atoms with Crippen LogP contribution in [-0.2, 0) is 14.4 Å². The van der Waals surface area contributed by atoms with Crippen LogP contribution in [0.15, 0.2) is 0 Å². The number of hydrogen-bond donors (Lipinski definition) is 2. The minimum absolute atomic E-state index is 0.0613. The fourth-order valence-electron chi connectivity index (χ4n) is 1.19. The third kappa shape index (κ3) is 6.88. The van der Waals surface area contributed by atoms with Gasteiger partial charge in [-0.15, -0.1) is 0 Å². The molecule has 0 saturated heterocycles. The van der Waals surface area contributed by atoms with Crippen LogP contribution in [0.3, 0.4) is 0 Å². The van der Waals surface area contributed by atoms with E-state index < -0.39 is 11.4 Å².